The lowest BCUT2D eigenvalue weighted by Crippen LogP contribution is -2.30. The molecule has 0 aliphatic rings. The van der Waals surface area contributed by atoms with Crippen LogP contribution in [0.5, 0.6) is 5.75 Å². The van der Waals surface area contributed by atoms with Gasteiger partial charge in [0.25, 0.3) is 5.69 Å². The van der Waals surface area contributed by atoms with E-state index in [1.54, 1.807) is 0 Å². The fourth-order valence-electron chi connectivity index (χ4n) is 1.56. The van der Waals surface area contributed by atoms with Gasteiger partial charge in [-0.05, 0) is 6.07 Å². The van der Waals surface area contributed by atoms with Crippen molar-refractivity contribution in [3.63, 3.8) is 0 Å². The highest BCUT2D eigenvalue weighted by Crippen LogP contribution is 2.23. The number of benzene rings is 1. The molecule has 0 aromatic heterocycles. The van der Waals surface area contributed by atoms with Gasteiger partial charge in [-0.2, -0.15) is 0 Å². The quantitative estimate of drug-likeness (QED) is 0.404. The average Bonchev–Trinajstić information content (AvgIpc) is 2.36. The Kier molecular flexibility index (Phi) is 5.86. The lowest BCUT2D eigenvalue weighted by molar-refractivity contribution is -0.384. The van der Waals surface area contributed by atoms with E-state index in [1.165, 1.54) is 25.3 Å². The van der Waals surface area contributed by atoms with E-state index in [2.05, 4.69) is 10.0 Å². The van der Waals surface area contributed by atoms with Crippen LogP contribution in [0.2, 0.25) is 0 Å². The Bertz CT molecular complexity index is 573. The molecule has 0 saturated carbocycles. The molecule has 0 heterocycles. The second-order valence-corrected chi connectivity index (χ2v) is 5.93. The van der Waals surface area contributed by atoms with Gasteiger partial charge >= 0.3 is 0 Å². The van der Waals surface area contributed by atoms with E-state index < -0.39 is 14.9 Å². The predicted octanol–water partition coefficient (Wildman–Crippen LogP) is 0.242. The number of hydrogen-bond acceptors (Lipinski definition) is 6. The minimum atomic E-state index is -3.20. The summed E-state index contributed by atoms with van der Waals surface area (Å²) in [5.41, 5.74) is 0.623. The zero-order chi connectivity index (χ0) is 15.2. The third kappa shape index (κ3) is 5.51. The van der Waals surface area contributed by atoms with Crippen LogP contribution in [-0.2, 0) is 16.6 Å². The number of sulfonamides is 1. The maximum absolute atomic E-state index is 10.9. The first kappa shape index (κ1) is 16.3. The van der Waals surface area contributed by atoms with Crippen LogP contribution >= 0.6 is 0 Å². The second-order valence-electron chi connectivity index (χ2n) is 4.10. The molecule has 112 valence electrons. The van der Waals surface area contributed by atoms with Crippen molar-refractivity contribution in [3.05, 3.63) is 33.9 Å². The smallest absolute Gasteiger partial charge is 0.270 e. The second kappa shape index (κ2) is 7.17. The molecule has 8 nitrogen and oxygen atoms in total. The summed E-state index contributed by atoms with van der Waals surface area (Å²) in [5, 5.41) is 13.7. The largest absolute Gasteiger partial charge is 0.496 e. The summed E-state index contributed by atoms with van der Waals surface area (Å²) in [6.45, 7) is 0.991. The normalized spacial score (nSPS) is 11.3. The summed E-state index contributed by atoms with van der Waals surface area (Å²) in [4.78, 5) is 10.2. The first-order valence-corrected chi connectivity index (χ1v) is 7.69. The highest BCUT2D eigenvalue weighted by atomic mass is 32.2. The molecule has 0 radical (unpaired) electrons. The summed E-state index contributed by atoms with van der Waals surface area (Å²) in [7, 11) is -1.72. The van der Waals surface area contributed by atoms with Gasteiger partial charge in [0.2, 0.25) is 10.0 Å². The molecule has 0 fully saturated rings. The minimum absolute atomic E-state index is 0.0168. The minimum Gasteiger partial charge on any atom is -0.496 e. The van der Waals surface area contributed by atoms with Gasteiger partial charge in [0, 0.05) is 37.3 Å². The highest BCUT2D eigenvalue weighted by Gasteiger charge is 2.10. The molecule has 0 spiro atoms. The summed E-state index contributed by atoms with van der Waals surface area (Å²) in [5.74, 6) is 0.541. The molecule has 1 rings (SSSR count). The molecule has 1 aromatic carbocycles. The molecule has 0 saturated heterocycles. The van der Waals surface area contributed by atoms with E-state index in [1.807, 2.05) is 0 Å². The summed E-state index contributed by atoms with van der Waals surface area (Å²) in [6, 6.07) is 4.33. The first-order valence-electron chi connectivity index (χ1n) is 5.80. The molecule has 0 aliphatic carbocycles. The van der Waals surface area contributed by atoms with E-state index in [-0.39, 0.29) is 12.2 Å². The third-order valence-corrected chi connectivity index (χ3v) is 3.18. The molecular formula is C11H17N3O5S. The Balaban J connectivity index is 2.58. The van der Waals surface area contributed by atoms with Crippen molar-refractivity contribution in [1.82, 2.24) is 10.0 Å². The fourth-order valence-corrected chi connectivity index (χ4v) is 2.04. The Morgan fingerprint density at radius 2 is 2.05 bits per heavy atom. The Hall–Kier alpha value is -1.71. The van der Waals surface area contributed by atoms with E-state index in [4.69, 9.17) is 4.74 Å². The maximum Gasteiger partial charge on any atom is 0.270 e. The topological polar surface area (TPSA) is 111 Å². The van der Waals surface area contributed by atoms with Gasteiger partial charge < -0.3 is 10.1 Å². The number of nitrogens with one attached hydrogen (secondary N) is 2. The lowest BCUT2D eigenvalue weighted by atomic mass is 10.1. The summed E-state index contributed by atoms with van der Waals surface area (Å²) < 4.78 is 29.2. The van der Waals surface area contributed by atoms with E-state index in [0.29, 0.717) is 24.4 Å². The summed E-state index contributed by atoms with van der Waals surface area (Å²) >= 11 is 0. The molecule has 9 heteroatoms. The van der Waals surface area contributed by atoms with Crippen molar-refractivity contribution in [2.45, 2.75) is 6.54 Å². The lowest BCUT2D eigenvalue weighted by Gasteiger charge is -2.09. The first-order chi connectivity index (χ1) is 9.33. The maximum atomic E-state index is 10.9. The third-order valence-electron chi connectivity index (χ3n) is 2.46. The number of rotatable bonds is 8. The van der Waals surface area contributed by atoms with Crippen LogP contribution in [0.25, 0.3) is 0 Å². The van der Waals surface area contributed by atoms with Gasteiger partial charge in [0.15, 0.2) is 0 Å². The van der Waals surface area contributed by atoms with Crippen LogP contribution in [0.3, 0.4) is 0 Å². The summed E-state index contributed by atoms with van der Waals surface area (Å²) in [6.07, 6.45) is 1.08. The molecular weight excluding hydrogens is 286 g/mol. The van der Waals surface area contributed by atoms with Crippen molar-refractivity contribution in [3.8, 4) is 5.75 Å². The van der Waals surface area contributed by atoms with Crippen LogP contribution in [0.1, 0.15) is 5.56 Å². The van der Waals surface area contributed by atoms with Gasteiger partial charge in [-0.15, -0.1) is 0 Å². The Morgan fingerprint density at radius 3 is 2.60 bits per heavy atom. The molecule has 0 aliphatic heterocycles. The van der Waals surface area contributed by atoms with Crippen LogP contribution in [-0.4, -0.2) is 39.8 Å². The Morgan fingerprint density at radius 1 is 1.35 bits per heavy atom. The van der Waals surface area contributed by atoms with Gasteiger partial charge in [0.05, 0.1) is 18.3 Å². The van der Waals surface area contributed by atoms with Crippen LogP contribution in [0.15, 0.2) is 18.2 Å². The van der Waals surface area contributed by atoms with Crippen molar-refractivity contribution in [1.29, 1.82) is 0 Å². The molecule has 1 aromatic rings. The number of methoxy groups -OCH3 is 1. The van der Waals surface area contributed by atoms with E-state index in [0.717, 1.165) is 6.26 Å². The van der Waals surface area contributed by atoms with Gasteiger partial charge in [0.1, 0.15) is 5.75 Å². The fraction of sp³-hybridized carbons (Fsp3) is 0.455. The molecule has 2 N–H and O–H groups in total. The SMILES string of the molecule is COc1ccc([N+](=O)[O-])cc1CNCCNS(C)(=O)=O. The molecule has 0 bridgehead atoms. The van der Waals surface area contributed by atoms with Crippen molar-refractivity contribution >= 4 is 15.7 Å². The number of nitrogens with zero attached hydrogens (tertiary/aromatic N) is 1. The standard InChI is InChI=1S/C11H17N3O5S/c1-19-11-4-3-10(14(15)16)7-9(11)8-12-5-6-13-20(2,17)18/h3-4,7,12-13H,5-6,8H2,1-2H3. The average molecular weight is 303 g/mol. The number of nitro benzene ring substituents is 1. The van der Waals surface area contributed by atoms with Gasteiger partial charge in [-0.3, -0.25) is 10.1 Å². The number of ether oxygens (including phenoxy) is 1. The van der Waals surface area contributed by atoms with Crippen LogP contribution < -0.4 is 14.8 Å². The number of non-ortho nitro benzene ring substituents is 1. The van der Waals surface area contributed by atoms with Crippen molar-refractivity contribution in [2.75, 3.05) is 26.5 Å². The van der Waals surface area contributed by atoms with E-state index >= 15 is 0 Å². The van der Waals surface area contributed by atoms with Crippen LogP contribution in [0.4, 0.5) is 5.69 Å². The molecule has 20 heavy (non-hydrogen) atoms. The highest BCUT2D eigenvalue weighted by molar-refractivity contribution is 7.88. The number of hydrogen-bond donors (Lipinski definition) is 2. The molecule has 0 amide bonds. The predicted molar refractivity (Wildman–Crippen MR) is 74.2 cm³/mol. The molecule has 0 atom stereocenters. The van der Waals surface area contributed by atoms with Gasteiger partial charge in [-0.1, -0.05) is 0 Å². The van der Waals surface area contributed by atoms with Crippen molar-refractivity contribution in [2.24, 2.45) is 0 Å². The Labute approximate surface area is 117 Å². The monoisotopic (exact) mass is 303 g/mol. The van der Waals surface area contributed by atoms with Gasteiger partial charge in [-0.25, -0.2) is 13.1 Å². The van der Waals surface area contributed by atoms with Crippen LogP contribution in [0, 0.1) is 10.1 Å². The van der Waals surface area contributed by atoms with Crippen molar-refractivity contribution < 1.29 is 18.1 Å². The zero-order valence-electron chi connectivity index (χ0n) is 11.3. The zero-order valence-corrected chi connectivity index (χ0v) is 12.1. The van der Waals surface area contributed by atoms with E-state index in [9.17, 15) is 18.5 Å². The number of nitro groups is 1. The molecule has 0 unspecified atom stereocenters.